The SMILES string of the molecule is NS(=O)(=O)c1ccc(CCNC(=O)C2CCCN(S(=O)(=O)c3cccc4nonc34)C2)cc1. The van der Waals surface area contributed by atoms with E-state index in [2.05, 4.69) is 20.3 Å². The summed E-state index contributed by atoms with van der Waals surface area (Å²) in [6.07, 6.45) is 1.63. The van der Waals surface area contributed by atoms with Gasteiger partial charge in [0.15, 0.2) is 5.52 Å². The van der Waals surface area contributed by atoms with Crippen LogP contribution in [0.2, 0.25) is 0 Å². The Kier molecular flexibility index (Phi) is 6.47. The average molecular weight is 494 g/mol. The second-order valence-corrected chi connectivity index (χ2v) is 11.3. The fourth-order valence-corrected chi connectivity index (χ4v) is 6.00. The third-order valence-electron chi connectivity index (χ3n) is 5.59. The van der Waals surface area contributed by atoms with Crippen LogP contribution in [-0.2, 0) is 31.3 Å². The summed E-state index contributed by atoms with van der Waals surface area (Å²) in [5, 5.41) is 15.3. The Morgan fingerprint density at radius 2 is 1.88 bits per heavy atom. The molecule has 1 atom stereocenters. The van der Waals surface area contributed by atoms with E-state index in [1.165, 1.54) is 22.5 Å². The molecule has 0 spiro atoms. The molecule has 1 unspecified atom stereocenters. The van der Waals surface area contributed by atoms with Gasteiger partial charge in [0, 0.05) is 19.6 Å². The predicted octanol–water partition coefficient (Wildman–Crippen LogP) is 0.630. The van der Waals surface area contributed by atoms with Crippen molar-refractivity contribution < 1.29 is 26.3 Å². The number of amides is 1. The highest BCUT2D eigenvalue weighted by molar-refractivity contribution is 7.89. The molecular weight excluding hydrogens is 470 g/mol. The monoisotopic (exact) mass is 493 g/mol. The molecule has 176 valence electrons. The van der Waals surface area contributed by atoms with Crippen LogP contribution in [0.5, 0.6) is 0 Å². The molecule has 0 saturated carbocycles. The lowest BCUT2D eigenvalue weighted by Crippen LogP contribution is -2.45. The molecule has 33 heavy (non-hydrogen) atoms. The molecule has 4 rings (SSSR count). The molecule has 1 amide bonds. The van der Waals surface area contributed by atoms with E-state index >= 15 is 0 Å². The van der Waals surface area contributed by atoms with Gasteiger partial charge in [0.25, 0.3) is 0 Å². The van der Waals surface area contributed by atoms with Gasteiger partial charge in [-0.15, -0.1) is 0 Å². The van der Waals surface area contributed by atoms with Crippen LogP contribution in [0, 0.1) is 5.92 Å². The van der Waals surface area contributed by atoms with Gasteiger partial charge in [-0.05, 0) is 59.4 Å². The topological polar surface area (TPSA) is 166 Å². The Labute approximate surface area is 191 Å². The highest BCUT2D eigenvalue weighted by Crippen LogP contribution is 2.27. The average Bonchev–Trinajstić information content (AvgIpc) is 3.28. The molecule has 0 aliphatic carbocycles. The zero-order valence-electron chi connectivity index (χ0n) is 17.5. The van der Waals surface area contributed by atoms with Crippen LogP contribution in [0.25, 0.3) is 11.0 Å². The summed E-state index contributed by atoms with van der Waals surface area (Å²) in [6, 6.07) is 10.7. The van der Waals surface area contributed by atoms with Gasteiger partial charge in [-0.3, -0.25) is 4.79 Å². The molecule has 1 fully saturated rings. The van der Waals surface area contributed by atoms with Crippen molar-refractivity contribution in [3.8, 4) is 0 Å². The first-order chi connectivity index (χ1) is 15.7. The maximum atomic E-state index is 13.2. The van der Waals surface area contributed by atoms with Crippen LogP contribution in [0.15, 0.2) is 56.9 Å². The van der Waals surface area contributed by atoms with Crippen LogP contribution >= 0.6 is 0 Å². The first kappa shape index (κ1) is 23.3. The van der Waals surface area contributed by atoms with Crippen LogP contribution < -0.4 is 10.5 Å². The van der Waals surface area contributed by atoms with Crippen LogP contribution in [0.3, 0.4) is 0 Å². The summed E-state index contributed by atoms with van der Waals surface area (Å²) in [4.78, 5) is 12.7. The number of piperidine rings is 1. The highest BCUT2D eigenvalue weighted by atomic mass is 32.2. The molecule has 1 saturated heterocycles. The van der Waals surface area contributed by atoms with Crippen molar-refractivity contribution in [2.45, 2.75) is 29.1 Å². The van der Waals surface area contributed by atoms with Gasteiger partial charge in [0.05, 0.1) is 10.8 Å². The first-order valence-electron chi connectivity index (χ1n) is 10.3. The van der Waals surface area contributed by atoms with Crippen molar-refractivity contribution in [2.24, 2.45) is 11.1 Å². The van der Waals surface area contributed by atoms with Gasteiger partial charge in [0.2, 0.25) is 26.0 Å². The van der Waals surface area contributed by atoms with Crippen LogP contribution in [0.4, 0.5) is 0 Å². The minimum absolute atomic E-state index is 0.00486. The number of benzene rings is 2. The highest BCUT2D eigenvalue weighted by Gasteiger charge is 2.34. The van der Waals surface area contributed by atoms with Gasteiger partial charge < -0.3 is 5.32 Å². The number of carbonyl (C=O) groups excluding carboxylic acids is 1. The molecule has 11 nitrogen and oxygen atoms in total. The van der Waals surface area contributed by atoms with E-state index in [0.29, 0.717) is 37.9 Å². The Morgan fingerprint density at radius 3 is 2.61 bits per heavy atom. The van der Waals surface area contributed by atoms with Crippen molar-refractivity contribution in [1.82, 2.24) is 19.9 Å². The van der Waals surface area contributed by atoms with E-state index in [-0.39, 0.29) is 27.8 Å². The molecular formula is C20H23N5O6S2. The van der Waals surface area contributed by atoms with E-state index in [0.717, 1.165) is 5.56 Å². The molecule has 0 bridgehead atoms. The Morgan fingerprint density at radius 1 is 1.12 bits per heavy atom. The summed E-state index contributed by atoms with van der Waals surface area (Å²) in [7, 11) is -7.62. The van der Waals surface area contributed by atoms with Gasteiger partial charge in [-0.1, -0.05) is 18.2 Å². The number of primary sulfonamides is 1. The summed E-state index contributed by atoms with van der Waals surface area (Å²) in [6.45, 7) is 0.712. The maximum Gasteiger partial charge on any atom is 0.245 e. The lowest BCUT2D eigenvalue weighted by Gasteiger charge is -2.31. The van der Waals surface area contributed by atoms with E-state index < -0.39 is 26.0 Å². The number of carbonyl (C=O) groups is 1. The normalized spacial score (nSPS) is 17.8. The molecule has 2 aromatic carbocycles. The summed E-state index contributed by atoms with van der Waals surface area (Å²) < 4.78 is 55.0. The quantitative estimate of drug-likeness (QED) is 0.483. The van der Waals surface area contributed by atoms with Gasteiger partial charge in [0.1, 0.15) is 10.4 Å². The molecule has 1 aliphatic heterocycles. The second-order valence-electron chi connectivity index (χ2n) is 7.82. The molecule has 2 heterocycles. The van der Waals surface area contributed by atoms with E-state index in [9.17, 15) is 21.6 Å². The predicted molar refractivity (Wildman–Crippen MR) is 118 cm³/mol. The van der Waals surface area contributed by atoms with Crippen molar-refractivity contribution in [3.63, 3.8) is 0 Å². The molecule has 1 aliphatic rings. The van der Waals surface area contributed by atoms with Gasteiger partial charge in [-0.2, -0.15) is 4.31 Å². The van der Waals surface area contributed by atoms with Crippen LogP contribution in [0.1, 0.15) is 18.4 Å². The van der Waals surface area contributed by atoms with Crippen molar-refractivity contribution in [3.05, 3.63) is 48.0 Å². The Balaban J connectivity index is 1.37. The lowest BCUT2D eigenvalue weighted by molar-refractivity contribution is -0.126. The number of sulfonamides is 2. The molecule has 3 aromatic rings. The molecule has 0 radical (unpaired) electrons. The lowest BCUT2D eigenvalue weighted by atomic mass is 9.99. The Bertz CT molecular complexity index is 1370. The van der Waals surface area contributed by atoms with Crippen LogP contribution in [-0.4, -0.2) is 57.0 Å². The molecule has 1 aromatic heterocycles. The number of nitrogens with one attached hydrogen (secondary N) is 1. The maximum absolute atomic E-state index is 13.2. The minimum atomic E-state index is -3.87. The smallest absolute Gasteiger partial charge is 0.245 e. The number of hydrogen-bond acceptors (Lipinski definition) is 8. The fourth-order valence-electron chi connectivity index (χ4n) is 3.82. The Hall–Kier alpha value is -2.87. The number of nitrogens with zero attached hydrogens (tertiary/aromatic N) is 3. The fraction of sp³-hybridized carbons (Fsp3) is 0.350. The van der Waals surface area contributed by atoms with E-state index in [4.69, 9.17) is 5.14 Å². The third-order valence-corrected chi connectivity index (χ3v) is 8.41. The first-order valence-corrected chi connectivity index (χ1v) is 13.3. The van der Waals surface area contributed by atoms with Crippen molar-refractivity contribution >= 4 is 37.0 Å². The number of aromatic nitrogens is 2. The molecule has 3 N–H and O–H groups in total. The number of fused-ring (bicyclic) bond motifs is 1. The standard InChI is InChI=1S/C20H23N5O6S2/c21-32(27,28)16-8-6-14(7-9-16)10-11-22-20(26)15-3-2-12-25(13-15)33(29,30)18-5-1-4-17-19(18)24-31-23-17/h1,4-9,15H,2-3,10-13H2,(H,22,26)(H2,21,27,28). The third kappa shape index (κ3) is 5.05. The number of hydrogen-bond donors (Lipinski definition) is 2. The number of rotatable bonds is 7. The van der Waals surface area contributed by atoms with Gasteiger partial charge >= 0.3 is 0 Å². The van der Waals surface area contributed by atoms with E-state index in [1.807, 2.05) is 0 Å². The van der Waals surface area contributed by atoms with Crippen molar-refractivity contribution in [2.75, 3.05) is 19.6 Å². The zero-order chi connectivity index (χ0) is 23.6. The largest absolute Gasteiger partial charge is 0.355 e. The minimum Gasteiger partial charge on any atom is -0.355 e. The summed E-state index contributed by atoms with van der Waals surface area (Å²) in [5.74, 6) is -0.703. The number of nitrogens with two attached hydrogens (primary N) is 1. The second kappa shape index (κ2) is 9.17. The van der Waals surface area contributed by atoms with E-state index in [1.54, 1.807) is 24.3 Å². The zero-order valence-corrected chi connectivity index (χ0v) is 19.2. The van der Waals surface area contributed by atoms with Gasteiger partial charge in [-0.25, -0.2) is 26.6 Å². The summed E-state index contributed by atoms with van der Waals surface area (Å²) in [5.41, 5.74) is 1.35. The molecule has 13 heteroatoms. The summed E-state index contributed by atoms with van der Waals surface area (Å²) >= 11 is 0. The van der Waals surface area contributed by atoms with Crippen molar-refractivity contribution in [1.29, 1.82) is 0 Å².